The Hall–Kier alpha value is -2.33. The summed E-state index contributed by atoms with van der Waals surface area (Å²) in [4.78, 5) is 3.21. The molecule has 3 aromatic rings. The highest BCUT2D eigenvalue weighted by atomic mass is 35.5. The molecule has 1 unspecified atom stereocenters. The van der Waals surface area contributed by atoms with E-state index in [9.17, 15) is 14.0 Å². The molecule has 1 fully saturated rings. The average Bonchev–Trinajstić information content (AvgIpc) is 3.14. The molecule has 1 aromatic heterocycles. The number of hydrogen-bond acceptors (Lipinski definition) is 3. The molecule has 0 aliphatic carbocycles. The van der Waals surface area contributed by atoms with Gasteiger partial charge in [0.2, 0.25) is 0 Å². The number of rotatable bonds is 6. The van der Waals surface area contributed by atoms with E-state index >= 15 is 4.39 Å². The van der Waals surface area contributed by atoms with Crippen LogP contribution in [0.1, 0.15) is 47.4 Å². The van der Waals surface area contributed by atoms with E-state index in [0.29, 0.717) is 29.2 Å². The van der Waals surface area contributed by atoms with E-state index in [4.69, 9.17) is 11.6 Å². The first-order chi connectivity index (χ1) is 15.2. The molecule has 0 bridgehead atoms. The van der Waals surface area contributed by atoms with Gasteiger partial charge in [-0.3, -0.25) is 4.90 Å². The maximum Gasteiger partial charge on any atom is 0.126 e. The maximum absolute atomic E-state index is 15.2. The third kappa shape index (κ3) is 4.71. The Morgan fingerprint density at radius 1 is 1.06 bits per heavy atom. The van der Waals surface area contributed by atoms with E-state index in [1.165, 1.54) is 37.3 Å². The Labute approximate surface area is 194 Å². The van der Waals surface area contributed by atoms with Crippen LogP contribution in [0.25, 0.3) is 0 Å². The summed E-state index contributed by atoms with van der Waals surface area (Å²) in [5, 5.41) is 11.7. The van der Waals surface area contributed by atoms with Gasteiger partial charge in [-0.1, -0.05) is 23.7 Å². The van der Waals surface area contributed by atoms with Crippen molar-refractivity contribution in [3.63, 3.8) is 0 Å². The SMILES string of the molecule is CC(C)(F)C(c1cc(F)cc(F)c1)C1CN([C@@H](c2ccc(Cl)cc2)c2cc(C#N)cs2)C1. The predicted octanol–water partition coefficient (Wildman–Crippen LogP) is 7.10. The van der Waals surface area contributed by atoms with Crippen molar-refractivity contribution in [1.82, 2.24) is 4.90 Å². The van der Waals surface area contributed by atoms with Crippen LogP contribution < -0.4 is 0 Å². The van der Waals surface area contributed by atoms with Crippen molar-refractivity contribution < 1.29 is 13.2 Å². The van der Waals surface area contributed by atoms with E-state index < -0.39 is 23.2 Å². The normalized spacial score (nSPS) is 16.9. The molecule has 1 aliphatic rings. The number of nitrogens with zero attached hydrogens (tertiary/aromatic N) is 2. The largest absolute Gasteiger partial charge is 0.291 e. The maximum atomic E-state index is 15.2. The lowest BCUT2D eigenvalue weighted by atomic mass is 9.72. The van der Waals surface area contributed by atoms with Gasteiger partial charge in [0.1, 0.15) is 23.4 Å². The summed E-state index contributed by atoms with van der Waals surface area (Å²) in [6.07, 6.45) is 0. The van der Waals surface area contributed by atoms with E-state index in [0.717, 1.165) is 16.5 Å². The number of halogens is 4. The molecule has 0 N–H and O–H groups in total. The van der Waals surface area contributed by atoms with Gasteiger partial charge in [0.25, 0.3) is 0 Å². The zero-order valence-corrected chi connectivity index (χ0v) is 19.2. The standard InChI is InChI=1S/C25H22ClF3N2S/c1-25(2,29)23(17-8-20(27)10-21(28)9-17)18-12-31(13-18)24(16-3-5-19(26)6-4-16)22-7-15(11-30)14-32-22/h3-10,14,18,23-24H,12-13H2,1-2H3/t23?,24-/m0/s1. The number of benzene rings is 2. The minimum absolute atomic E-state index is 0.108. The van der Waals surface area contributed by atoms with Crippen molar-refractivity contribution in [2.75, 3.05) is 13.1 Å². The van der Waals surface area contributed by atoms with E-state index in [-0.39, 0.29) is 12.0 Å². The molecule has 4 rings (SSSR count). The Morgan fingerprint density at radius 2 is 1.69 bits per heavy atom. The van der Waals surface area contributed by atoms with E-state index in [1.807, 2.05) is 35.7 Å². The lowest BCUT2D eigenvalue weighted by Crippen LogP contribution is -2.53. The van der Waals surface area contributed by atoms with Crippen LogP contribution in [0.3, 0.4) is 0 Å². The quantitative estimate of drug-likeness (QED) is 0.381. The summed E-state index contributed by atoms with van der Waals surface area (Å²) < 4.78 is 43.0. The first kappa shape index (κ1) is 22.8. The molecule has 0 spiro atoms. The second-order valence-electron chi connectivity index (χ2n) is 8.76. The smallest absolute Gasteiger partial charge is 0.126 e. The van der Waals surface area contributed by atoms with Crippen molar-refractivity contribution in [3.05, 3.63) is 92.1 Å². The van der Waals surface area contributed by atoms with Crippen LogP contribution in [-0.4, -0.2) is 23.7 Å². The van der Waals surface area contributed by atoms with Gasteiger partial charge in [0, 0.05) is 40.4 Å². The summed E-state index contributed by atoms with van der Waals surface area (Å²) in [6.45, 7) is 4.03. The van der Waals surface area contributed by atoms with Gasteiger partial charge in [-0.15, -0.1) is 11.3 Å². The summed E-state index contributed by atoms with van der Waals surface area (Å²) in [7, 11) is 0. The number of nitriles is 1. The van der Waals surface area contributed by atoms with Crippen LogP contribution in [0.2, 0.25) is 5.02 Å². The minimum atomic E-state index is -1.65. The van der Waals surface area contributed by atoms with Crippen LogP contribution in [0, 0.1) is 28.9 Å². The van der Waals surface area contributed by atoms with Gasteiger partial charge in [-0.05, 0) is 61.2 Å². The molecular weight excluding hydrogens is 453 g/mol. The van der Waals surface area contributed by atoms with Crippen LogP contribution in [0.4, 0.5) is 13.2 Å². The Kier molecular flexibility index (Phi) is 6.35. The van der Waals surface area contributed by atoms with Gasteiger partial charge in [0.15, 0.2) is 0 Å². The molecule has 2 heterocycles. The highest BCUT2D eigenvalue weighted by Gasteiger charge is 2.45. The molecular formula is C25H22ClF3N2S. The van der Waals surface area contributed by atoms with E-state index in [1.54, 1.807) is 0 Å². The van der Waals surface area contributed by atoms with Crippen LogP contribution >= 0.6 is 22.9 Å². The van der Waals surface area contributed by atoms with Crippen LogP contribution in [0.5, 0.6) is 0 Å². The summed E-state index contributed by atoms with van der Waals surface area (Å²) in [5.41, 5.74) is 0.306. The third-order valence-electron chi connectivity index (χ3n) is 5.96. The molecule has 2 atom stereocenters. The fraction of sp³-hybridized carbons (Fsp3) is 0.320. The highest BCUT2D eigenvalue weighted by molar-refractivity contribution is 7.10. The first-order valence-corrected chi connectivity index (χ1v) is 11.5. The second kappa shape index (κ2) is 8.90. The molecule has 32 heavy (non-hydrogen) atoms. The number of likely N-dealkylation sites (tertiary alicyclic amines) is 1. The minimum Gasteiger partial charge on any atom is -0.291 e. The molecule has 7 heteroatoms. The van der Waals surface area contributed by atoms with Gasteiger partial charge >= 0.3 is 0 Å². The molecule has 2 aromatic carbocycles. The third-order valence-corrected chi connectivity index (χ3v) is 7.20. The Morgan fingerprint density at radius 3 is 2.22 bits per heavy atom. The summed E-state index contributed by atoms with van der Waals surface area (Å²) in [5.74, 6) is -2.16. The Bertz CT molecular complexity index is 1120. The number of thiophene rings is 1. The number of hydrogen-bond donors (Lipinski definition) is 0. The lowest BCUT2D eigenvalue weighted by molar-refractivity contribution is 0.00880. The number of alkyl halides is 1. The van der Waals surface area contributed by atoms with Gasteiger partial charge in [-0.25, -0.2) is 13.2 Å². The van der Waals surface area contributed by atoms with Crippen molar-refractivity contribution in [2.45, 2.75) is 31.5 Å². The van der Waals surface area contributed by atoms with E-state index in [2.05, 4.69) is 11.0 Å². The van der Waals surface area contributed by atoms with Crippen LogP contribution in [0.15, 0.2) is 53.9 Å². The molecule has 0 saturated carbocycles. The van der Waals surface area contributed by atoms with Crippen molar-refractivity contribution in [2.24, 2.45) is 5.92 Å². The zero-order chi connectivity index (χ0) is 23.0. The van der Waals surface area contributed by atoms with Crippen molar-refractivity contribution >= 4 is 22.9 Å². The molecule has 166 valence electrons. The summed E-state index contributed by atoms with van der Waals surface area (Å²) >= 11 is 7.57. The molecule has 0 radical (unpaired) electrons. The first-order valence-electron chi connectivity index (χ1n) is 10.3. The highest BCUT2D eigenvalue weighted by Crippen LogP contribution is 2.46. The monoisotopic (exact) mass is 474 g/mol. The van der Waals surface area contributed by atoms with Crippen LogP contribution in [-0.2, 0) is 0 Å². The summed E-state index contributed by atoms with van der Waals surface area (Å²) in [6, 6.07) is 14.7. The van der Waals surface area contributed by atoms with Gasteiger partial charge < -0.3 is 0 Å². The molecule has 1 saturated heterocycles. The predicted molar refractivity (Wildman–Crippen MR) is 122 cm³/mol. The van der Waals surface area contributed by atoms with Gasteiger partial charge in [0.05, 0.1) is 11.6 Å². The molecule has 1 aliphatic heterocycles. The van der Waals surface area contributed by atoms with Gasteiger partial charge in [-0.2, -0.15) is 5.26 Å². The zero-order valence-electron chi connectivity index (χ0n) is 17.7. The second-order valence-corrected chi connectivity index (χ2v) is 10.1. The van der Waals surface area contributed by atoms with Crippen molar-refractivity contribution in [3.8, 4) is 6.07 Å². The average molecular weight is 475 g/mol. The van der Waals surface area contributed by atoms with Crippen molar-refractivity contribution in [1.29, 1.82) is 5.26 Å². The molecule has 0 amide bonds. The molecule has 2 nitrogen and oxygen atoms in total. The lowest BCUT2D eigenvalue weighted by Gasteiger charge is -2.49. The Balaban J connectivity index is 1.63. The topological polar surface area (TPSA) is 27.0 Å². The fourth-order valence-corrected chi connectivity index (χ4v) is 5.83. The fourth-order valence-electron chi connectivity index (χ4n) is 4.71.